The molecule has 1 heterocycles. The molecule has 3 aromatic carbocycles. The number of hydrogen-bond acceptors (Lipinski definition) is 4. The highest BCUT2D eigenvalue weighted by Crippen LogP contribution is 2.20. The molecule has 1 aromatic heterocycles. The smallest absolute Gasteiger partial charge is 0.253 e. The van der Waals surface area contributed by atoms with Crippen LogP contribution in [0.2, 0.25) is 5.02 Å². The summed E-state index contributed by atoms with van der Waals surface area (Å²) in [7, 11) is 1.62. The second kappa shape index (κ2) is 11.4. The largest absolute Gasteiger partial charge is 0.497 e. The maximum Gasteiger partial charge on any atom is 0.253 e. The molecule has 0 saturated carbocycles. The van der Waals surface area contributed by atoms with Crippen LogP contribution < -0.4 is 15.4 Å². The number of halogens is 1. The number of rotatable bonds is 9. The van der Waals surface area contributed by atoms with Crippen molar-refractivity contribution in [2.45, 2.75) is 19.0 Å². The maximum absolute atomic E-state index is 12.8. The van der Waals surface area contributed by atoms with Gasteiger partial charge in [0.05, 0.1) is 48.1 Å². The van der Waals surface area contributed by atoms with Gasteiger partial charge in [-0.2, -0.15) is 5.10 Å². The number of ether oxygens (including phenoxy) is 1. The van der Waals surface area contributed by atoms with Crippen molar-refractivity contribution in [2.24, 2.45) is 0 Å². The predicted molar refractivity (Wildman–Crippen MR) is 135 cm³/mol. The summed E-state index contributed by atoms with van der Waals surface area (Å²) >= 11 is 6.18. The molecular formula is C27H25ClN4O3. The molecule has 0 radical (unpaired) electrons. The quantitative estimate of drug-likeness (QED) is 0.357. The van der Waals surface area contributed by atoms with Crippen LogP contribution in [0.15, 0.2) is 91.1 Å². The van der Waals surface area contributed by atoms with Gasteiger partial charge in [0.15, 0.2) is 0 Å². The first-order chi connectivity index (χ1) is 17.0. The van der Waals surface area contributed by atoms with Gasteiger partial charge in [-0.15, -0.1) is 0 Å². The summed E-state index contributed by atoms with van der Waals surface area (Å²) in [5.74, 6) is 0.218. The number of aromatic nitrogens is 2. The molecule has 0 bridgehead atoms. The van der Waals surface area contributed by atoms with E-state index in [1.807, 2.05) is 66.9 Å². The van der Waals surface area contributed by atoms with Crippen LogP contribution in [0.5, 0.6) is 5.75 Å². The molecular weight excluding hydrogens is 464 g/mol. The Morgan fingerprint density at radius 2 is 1.69 bits per heavy atom. The number of benzene rings is 3. The van der Waals surface area contributed by atoms with Crippen LogP contribution in [-0.2, 0) is 11.3 Å². The standard InChI is InChI=1S/C27H25ClN4O3/c1-35-22-13-11-21(12-14-22)32-16-15-20(31-32)18-29-26(33)17-25(19-7-3-2-4-8-19)30-27(34)23-9-5-6-10-24(23)28/h2-16,25H,17-18H2,1H3,(H,29,33)(H,30,34). The van der Waals surface area contributed by atoms with E-state index in [0.29, 0.717) is 16.3 Å². The van der Waals surface area contributed by atoms with Crippen LogP contribution in [0.1, 0.15) is 34.1 Å². The van der Waals surface area contributed by atoms with Crippen LogP contribution in [0.25, 0.3) is 5.69 Å². The number of nitrogens with zero attached hydrogens (tertiary/aromatic N) is 2. The van der Waals surface area contributed by atoms with Crippen molar-refractivity contribution in [3.05, 3.63) is 113 Å². The Morgan fingerprint density at radius 3 is 2.40 bits per heavy atom. The fraction of sp³-hybridized carbons (Fsp3) is 0.148. The number of amides is 2. The van der Waals surface area contributed by atoms with Crippen molar-refractivity contribution in [1.82, 2.24) is 20.4 Å². The molecule has 2 N–H and O–H groups in total. The second-order valence-corrected chi connectivity index (χ2v) is 8.25. The first kappa shape index (κ1) is 24.0. The van der Waals surface area contributed by atoms with Crippen molar-refractivity contribution >= 4 is 23.4 Å². The number of carbonyl (C=O) groups is 2. The lowest BCUT2D eigenvalue weighted by molar-refractivity contribution is -0.121. The maximum atomic E-state index is 12.8. The fourth-order valence-corrected chi connectivity index (χ4v) is 3.82. The number of hydrogen-bond donors (Lipinski definition) is 2. The average Bonchev–Trinajstić information content (AvgIpc) is 3.37. The van der Waals surface area contributed by atoms with Gasteiger partial charge < -0.3 is 15.4 Å². The first-order valence-corrected chi connectivity index (χ1v) is 11.5. The van der Waals surface area contributed by atoms with E-state index in [1.165, 1.54) is 0 Å². The van der Waals surface area contributed by atoms with Gasteiger partial charge >= 0.3 is 0 Å². The molecule has 35 heavy (non-hydrogen) atoms. The fourth-order valence-electron chi connectivity index (χ4n) is 3.60. The Hall–Kier alpha value is -4.10. The van der Waals surface area contributed by atoms with Gasteiger partial charge in [-0.25, -0.2) is 4.68 Å². The van der Waals surface area contributed by atoms with Gasteiger partial charge in [0.1, 0.15) is 5.75 Å². The molecule has 4 aromatic rings. The van der Waals surface area contributed by atoms with Gasteiger partial charge in [0.2, 0.25) is 5.91 Å². The molecule has 2 amide bonds. The molecule has 0 fully saturated rings. The first-order valence-electron chi connectivity index (χ1n) is 11.1. The predicted octanol–water partition coefficient (Wildman–Crippen LogP) is 4.71. The summed E-state index contributed by atoms with van der Waals surface area (Å²) in [6.07, 6.45) is 1.90. The summed E-state index contributed by atoms with van der Waals surface area (Å²) in [6.45, 7) is 0.266. The van der Waals surface area contributed by atoms with Crippen molar-refractivity contribution < 1.29 is 14.3 Å². The topological polar surface area (TPSA) is 85.2 Å². The van der Waals surface area contributed by atoms with Crippen LogP contribution >= 0.6 is 11.6 Å². The van der Waals surface area contributed by atoms with Crippen molar-refractivity contribution in [2.75, 3.05) is 7.11 Å². The molecule has 178 valence electrons. The molecule has 1 atom stereocenters. The molecule has 0 spiro atoms. The van der Waals surface area contributed by atoms with Crippen LogP contribution in [0, 0.1) is 0 Å². The van der Waals surface area contributed by atoms with Crippen LogP contribution in [-0.4, -0.2) is 28.7 Å². The molecule has 1 unspecified atom stereocenters. The number of nitrogens with one attached hydrogen (secondary N) is 2. The third-order valence-electron chi connectivity index (χ3n) is 5.46. The number of carbonyl (C=O) groups excluding carboxylic acids is 2. The van der Waals surface area contributed by atoms with Gasteiger partial charge in [0.25, 0.3) is 5.91 Å². The minimum atomic E-state index is -0.517. The zero-order valence-electron chi connectivity index (χ0n) is 19.1. The van der Waals surface area contributed by atoms with E-state index in [2.05, 4.69) is 15.7 Å². The van der Waals surface area contributed by atoms with Crippen molar-refractivity contribution in [3.63, 3.8) is 0 Å². The van der Waals surface area contributed by atoms with Gasteiger partial charge in [0, 0.05) is 6.20 Å². The summed E-state index contributed by atoms with van der Waals surface area (Å²) in [5, 5.41) is 10.7. The normalized spacial score (nSPS) is 11.5. The number of methoxy groups -OCH3 is 1. The summed E-state index contributed by atoms with van der Waals surface area (Å²) in [4.78, 5) is 25.6. The monoisotopic (exact) mass is 488 g/mol. The second-order valence-electron chi connectivity index (χ2n) is 7.85. The Morgan fingerprint density at radius 1 is 0.971 bits per heavy atom. The third kappa shape index (κ3) is 6.28. The Kier molecular flexibility index (Phi) is 7.80. The van der Waals surface area contributed by atoms with Gasteiger partial charge in [-0.05, 0) is 48.0 Å². The Balaban J connectivity index is 1.40. The van der Waals surface area contributed by atoms with E-state index in [-0.39, 0.29) is 24.8 Å². The zero-order valence-corrected chi connectivity index (χ0v) is 19.9. The average molecular weight is 489 g/mol. The van der Waals surface area contributed by atoms with E-state index in [4.69, 9.17) is 16.3 Å². The lowest BCUT2D eigenvalue weighted by Gasteiger charge is -2.19. The van der Waals surface area contributed by atoms with E-state index < -0.39 is 6.04 Å². The van der Waals surface area contributed by atoms with E-state index in [0.717, 1.165) is 17.0 Å². The SMILES string of the molecule is COc1ccc(-n2ccc(CNC(=O)CC(NC(=O)c3ccccc3Cl)c3ccccc3)n2)cc1. The van der Waals surface area contributed by atoms with Crippen molar-refractivity contribution in [3.8, 4) is 11.4 Å². The third-order valence-corrected chi connectivity index (χ3v) is 5.79. The highest BCUT2D eigenvalue weighted by Gasteiger charge is 2.20. The summed E-state index contributed by atoms with van der Waals surface area (Å²) in [6, 6.07) is 25.0. The van der Waals surface area contributed by atoms with E-state index >= 15 is 0 Å². The Bertz CT molecular complexity index is 1290. The lowest BCUT2D eigenvalue weighted by atomic mass is 10.0. The molecule has 4 rings (SSSR count). The highest BCUT2D eigenvalue weighted by atomic mass is 35.5. The van der Waals surface area contributed by atoms with E-state index in [1.54, 1.807) is 36.1 Å². The lowest BCUT2D eigenvalue weighted by Crippen LogP contribution is -2.33. The van der Waals surface area contributed by atoms with Gasteiger partial charge in [-0.3, -0.25) is 9.59 Å². The van der Waals surface area contributed by atoms with Crippen LogP contribution in [0.3, 0.4) is 0 Å². The summed E-state index contributed by atoms with van der Waals surface area (Å²) in [5.41, 5.74) is 2.78. The summed E-state index contributed by atoms with van der Waals surface area (Å²) < 4.78 is 6.92. The Labute approximate surface area is 208 Å². The van der Waals surface area contributed by atoms with E-state index in [9.17, 15) is 9.59 Å². The minimum absolute atomic E-state index is 0.0688. The molecule has 7 nitrogen and oxygen atoms in total. The highest BCUT2D eigenvalue weighted by molar-refractivity contribution is 6.33. The molecule has 0 aliphatic carbocycles. The zero-order chi connectivity index (χ0) is 24.6. The molecule has 0 saturated heterocycles. The molecule has 8 heteroatoms. The minimum Gasteiger partial charge on any atom is -0.497 e. The van der Waals surface area contributed by atoms with Crippen molar-refractivity contribution in [1.29, 1.82) is 0 Å². The van der Waals surface area contributed by atoms with Gasteiger partial charge in [-0.1, -0.05) is 54.1 Å². The molecule has 0 aliphatic rings. The molecule has 0 aliphatic heterocycles. The van der Waals surface area contributed by atoms with Crippen LogP contribution in [0.4, 0.5) is 0 Å².